The van der Waals surface area contributed by atoms with Gasteiger partial charge < -0.3 is 15.0 Å². The third-order valence-corrected chi connectivity index (χ3v) is 3.73. The molecule has 1 aromatic rings. The summed E-state index contributed by atoms with van der Waals surface area (Å²) in [5.41, 5.74) is 1.18. The number of urea groups is 1. The first-order valence-corrected chi connectivity index (χ1v) is 7.34. The second-order valence-corrected chi connectivity index (χ2v) is 5.26. The fraction of sp³-hybridized carbons (Fsp3) is 0.692. The van der Waals surface area contributed by atoms with Gasteiger partial charge >= 0.3 is 12.0 Å². The minimum absolute atomic E-state index is 0.0475. The van der Waals surface area contributed by atoms with Crippen molar-refractivity contribution in [3.8, 4) is 0 Å². The van der Waals surface area contributed by atoms with Crippen molar-refractivity contribution in [2.24, 2.45) is 0 Å². The summed E-state index contributed by atoms with van der Waals surface area (Å²) in [6.07, 6.45) is 2.09. The average Bonchev–Trinajstić information content (AvgIpc) is 3.08. The lowest BCUT2D eigenvalue weighted by Gasteiger charge is -2.14. The Kier molecular flexibility index (Phi) is 3.76. The van der Waals surface area contributed by atoms with Gasteiger partial charge in [-0.2, -0.15) is 0 Å². The van der Waals surface area contributed by atoms with Crippen molar-refractivity contribution in [1.29, 1.82) is 0 Å². The lowest BCUT2D eigenvalue weighted by molar-refractivity contribution is 0.0518. The molecule has 8 nitrogen and oxygen atoms in total. The van der Waals surface area contributed by atoms with Crippen molar-refractivity contribution in [2.45, 2.75) is 32.2 Å². The van der Waals surface area contributed by atoms with Gasteiger partial charge in [0.1, 0.15) is 0 Å². The van der Waals surface area contributed by atoms with Crippen molar-refractivity contribution < 1.29 is 14.3 Å². The molecule has 0 unspecified atom stereocenters. The average molecular weight is 293 g/mol. The van der Waals surface area contributed by atoms with E-state index in [4.69, 9.17) is 4.74 Å². The lowest BCUT2D eigenvalue weighted by atomic mass is 10.2. The number of carbonyl (C=O) groups is 2. The molecule has 0 radical (unpaired) electrons. The molecule has 2 heterocycles. The van der Waals surface area contributed by atoms with E-state index in [1.807, 2.05) is 0 Å². The van der Waals surface area contributed by atoms with Gasteiger partial charge in [-0.3, -0.25) is 0 Å². The van der Waals surface area contributed by atoms with Crippen LogP contribution in [-0.4, -0.2) is 58.1 Å². The summed E-state index contributed by atoms with van der Waals surface area (Å²) in [5.74, 6) is -0.0728. The van der Waals surface area contributed by atoms with Crippen molar-refractivity contribution in [3.05, 3.63) is 11.4 Å². The highest BCUT2D eigenvalue weighted by Gasteiger charge is 2.34. The molecule has 0 bridgehead atoms. The van der Waals surface area contributed by atoms with Crippen LogP contribution in [0, 0.1) is 0 Å². The maximum atomic E-state index is 11.9. The maximum Gasteiger partial charge on any atom is 0.360 e. The van der Waals surface area contributed by atoms with E-state index in [1.165, 1.54) is 0 Å². The number of ether oxygens (including phenoxy) is 1. The van der Waals surface area contributed by atoms with Gasteiger partial charge in [-0.25, -0.2) is 14.3 Å². The summed E-state index contributed by atoms with van der Waals surface area (Å²) in [6.45, 7) is 4.59. The fourth-order valence-corrected chi connectivity index (χ4v) is 2.53. The van der Waals surface area contributed by atoms with Crippen molar-refractivity contribution in [2.75, 3.05) is 26.2 Å². The molecule has 1 aliphatic heterocycles. The molecule has 0 spiro atoms. The van der Waals surface area contributed by atoms with E-state index in [0.717, 1.165) is 18.5 Å². The van der Waals surface area contributed by atoms with Crippen molar-refractivity contribution in [1.82, 2.24) is 25.2 Å². The quantitative estimate of drug-likeness (QED) is 0.765. The molecule has 2 amide bonds. The third-order valence-electron chi connectivity index (χ3n) is 3.73. The molecule has 0 aromatic carbocycles. The third kappa shape index (κ3) is 2.84. The molecule has 114 valence electrons. The van der Waals surface area contributed by atoms with E-state index in [1.54, 1.807) is 16.5 Å². The summed E-state index contributed by atoms with van der Waals surface area (Å²) in [7, 11) is 0. The Morgan fingerprint density at radius 2 is 2.24 bits per heavy atom. The number of aromatic nitrogens is 3. The summed E-state index contributed by atoms with van der Waals surface area (Å²) in [6, 6.07) is -0.0475. The van der Waals surface area contributed by atoms with E-state index in [2.05, 4.69) is 15.6 Å². The van der Waals surface area contributed by atoms with Crippen LogP contribution in [-0.2, 0) is 11.3 Å². The highest BCUT2D eigenvalue weighted by Crippen LogP contribution is 2.41. The van der Waals surface area contributed by atoms with Crippen LogP contribution >= 0.6 is 0 Å². The molecule has 2 fully saturated rings. The van der Waals surface area contributed by atoms with E-state index in [-0.39, 0.29) is 6.03 Å². The molecule has 2 aliphatic rings. The number of hydrogen-bond donors (Lipinski definition) is 1. The van der Waals surface area contributed by atoms with Crippen LogP contribution in [0.2, 0.25) is 0 Å². The van der Waals surface area contributed by atoms with E-state index in [9.17, 15) is 9.59 Å². The van der Waals surface area contributed by atoms with Crippen LogP contribution in [0.15, 0.2) is 0 Å². The fourth-order valence-electron chi connectivity index (χ4n) is 2.53. The molecule has 1 saturated heterocycles. The van der Waals surface area contributed by atoms with Gasteiger partial charge in [0.15, 0.2) is 5.69 Å². The van der Waals surface area contributed by atoms with Crippen LogP contribution in [0.5, 0.6) is 0 Å². The molecular weight excluding hydrogens is 274 g/mol. The molecule has 1 aromatic heterocycles. The largest absolute Gasteiger partial charge is 0.461 e. The minimum atomic E-state index is -0.412. The second-order valence-electron chi connectivity index (χ2n) is 5.26. The Bertz CT molecular complexity index is 552. The first kappa shape index (κ1) is 13.8. The molecule has 1 aliphatic carbocycles. The number of nitrogens with one attached hydrogen (secondary N) is 1. The number of esters is 1. The zero-order chi connectivity index (χ0) is 14.8. The molecular formula is C13H19N5O3. The van der Waals surface area contributed by atoms with Gasteiger partial charge in [0.2, 0.25) is 0 Å². The Balaban J connectivity index is 1.72. The molecule has 8 heteroatoms. The molecule has 21 heavy (non-hydrogen) atoms. The predicted molar refractivity (Wildman–Crippen MR) is 72.9 cm³/mol. The van der Waals surface area contributed by atoms with E-state index < -0.39 is 5.97 Å². The SMILES string of the molecule is CCOC(=O)c1nnn(CCN2CCNC2=O)c1C1CC1. The maximum absolute atomic E-state index is 11.9. The number of amides is 2. The standard InChI is InChI=1S/C13H19N5O3/c1-2-21-12(19)10-11(9-3-4-9)18(16-15-10)8-7-17-6-5-14-13(17)20/h9H,2-8H2,1H3,(H,14,20). The predicted octanol–water partition coefficient (Wildman–Crippen LogP) is 0.357. The van der Waals surface area contributed by atoms with Gasteiger partial charge in [0.05, 0.1) is 18.8 Å². The number of carbonyl (C=O) groups excluding carboxylic acids is 2. The Morgan fingerprint density at radius 1 is 1.43 bits per heavy atom. The van der Waals surface area contributed by atoms with Crippen LogP contribution in [0.3, 0.4) is 0 Å². The molecule has 1 saturated carbocycles. The molecule has 3 rings (SSSR count). The number of rotatable bonds is 6. The number of hydrogen-bond acceptors (Lipinski definition) is 5. The smallest absolute Gasteiger partial charge is 0.360 e. The lowest BCUT2D eigenvalue weighted by Crippen LogP contribution is -2.31. The van der Waals surface area contributed by atoms with Crippen LogP contribution < -0.4 is 5.32 Å². The van der Waals surface area contributed by atoms with Crippen LogP contribution in [0.4, 0.5) is 4.79 Å². The molecule has 0 atom stereocenters. The second kappa shape index (κ2) is 5.71. The van der Waals surface area contributed by atoms with Crippen LogP contribution in [0.25, 0.3) is 0 Å². The number of nitrogens with zero attached hydrogens (tertiary/aromatic N) is 4. The highest BCUT2D eigenvalue weighted by atomic mass is 16.5. The summed E-state index contributed by atoms with van der Waals surface area (Å²) >= 11 is 0. The zero-order valence-electron chi connectivity index (χ0n) is 12.0. The van der Waals surface area contributed by atoms with Gasteiger partial charge in [-0.1, -0.05) is 5.21 Å². The van der Waals surface area contributed by atoms with Crippen molar-refractivity contribution in [3.63, 3.8) is 0 Å². The van der Waals surface area contributed by atoms with E-state index >= 15 is 0 Å². The first-order valence-electron chi connectivity index (χ1n) is 7.34. The normalized spacial score (nSPS) is 18.0. The first-order chi connectivity index (χ1) is 10.2. The summed E-state index contributed by atoms with van der Waals surface area (Å²) < 4.78 is 6.77. The zero-order valence-corrected chi connectivity index (χ0v) is 12.0. The Hall–Kier alpha value is -2.12. The van der Waals surface area contributed by atoms with Gasteiger partial charge in [-0.05, 0) is 19.8 Å². The minimum Gasteiger partial charge on any atom is -0.461 e. The van der Waals surface area contributed by atoms with Crippen LogP contribution in [0.1, 0.15) is 41.9 Å². The van der Waals surface area contributed by atoms with Crippen molar-refractivity contribution >= 4 is 12.0 Å². The van der Waals surface area contributed by atoms with Gasteiger partial charge in [-0.15, -0.1) is 5.10 Å². The Labute approximate surface area is 122 Å². The highest BCUT2D eigenvalue weighted by molar-refractivity contribution is 5.88. The van der Waals surface area contributed by atoms with E-state index in [0.29, 0.717) is 44.4 Å². The summed E-state index contributed by atoms with van der Waals surface area (Å²) in [4.78, 5) is 25.2. The Morgan fingerprint density at radius 3 is 2.86 bits per heavy atom. The topological polar surface area (TPSA) is 89.3 Å². The summed E-state index contributed by atoms with van der Waals surface area (Å²) in [5, 5.41) is 10.8. The molecule has 1 N–H and O–H groups in total. The monoisotopic (exact) mass is 293 g/mol. The van der Waals surface area contributed by atoms with Gasteiger partial charge in [0, 0.05) is 25.6 Å². The van der Waals surface area contributed by atoms with Gasteiger partial charge in [0.25, 0.3) is 0 Å².